The number of hydrogen-bond donors (Lipinski definition) is 2. The molecule has 0 amide bonds. The predicted octanol–water partition coefficient (Wildman–Crippen LogP) is 2.85. The third kappa shape index (κ3) is 3.12. The third-order valence-corrected chi connectivity index (χ3v) is 4.06. The summed E-state index contributed by atoms with van der Waals surface area (Å²) in [5.41, 5.74) is 0.641. The maximum atomic E-state index is 12.0. The largest absolute Gasteiger partial charge is 0.366 e. The molecule has 0 saturated heterocycles. The van der Waals surface area contributed by atoms with Gasteiger partial charge in [0.2, 0.25) is 0 Å². The quantitative estimate of drug-likeness (QED) is 0.909. The van der Waals surface area contributed by atoms with Gasteiger partial charge >= 0.3 is 0 Å². The van der Waals surface area contributed by atoms with Gasteiger partial charge in [0.1, 0.15) is 11.9 Å². The van der Waals surface area contributed by atoms with Crippen LogP contribution in [0.15, 0.2) is 29.1 Å². The molecule has 1 heterocycles. The first-order valence-corrected chi connectivity index (χ1v) is 7.58. The highest BCUT2D eigenvalue weighted by molar-refractivity contribution is 6.30. The second-order valence-electron chi connectivity index (χ2n) is 5.42. The number of aromatic nitrogens is 2. The van der Waals surface area contributed by atoms with Gasteiger partial charge in [-0.15, -0.1) is 0 Å². The fraction of sp³-hybridized carbons (Fsp3) is 0.312. The highest BCUT2D eigenvalue weighted by Gasteiger charge is 2.20. The van der Waals surface area contributed by atoms with E-state index in [1.54, 1.807) is 12.1 Å². The van der Waals surface area contributed by atoms with Crippen LogP contribution in [-0.2, 0) is 6.42 Å². The Labute approximate surface area is 133 Å². The van der Waals surface area contributed by atoms with Gasteiger partial charge in [-0.05, 0) is 37.0 Å². The molecule has 1 saturated carbocycles. The highest BCUT2D eigenvalue weighted by Crippen LogP contribution is 2.23. The van der Waals surface area contributed by atoms with Gasteiger partial charge in [-0.3, -0.25) is 4.79 Å². The van der Waals surface area contributed by atoms with Gasteiger partial charge in [0.05, 0.1) is 0 Å². The molecule has 0 spiro atoms. The highest BCUT2D eigenvalue weighted by atomic mass is 35.5. The van der Waals surface area contributed by atoms with Crippen molar-refractivity contribution in [3.05, 3.63) is 56.6 Å². The van der Waals surface area contributed by atoms with Crippen molar-refractivity contribution in [2.24, 2.45) is 0 Å². The topological polar surface area (TPSA) is 81.6 Å². The lowest BCUT2D eigenvalue weighted by atomic mass is 9.93. The molecule has 2 N–H and O–H groups in total. The van der Waals surface area contributed by atoms with Crippen molar-refractivity contribution < 1.29 is 0 Å². The molecule has 112 valence electrons. The van der Waals surface area contributed by atoms with E-state index >= 15 is 0 Å². The zero-order chi connectivity index (χ0) is 15.5. The van der Waals surface area contributed by atoms with Crippen molar-refractivity contribution >= 4 is 17.4 Å². The summed E-state index contributed by atoms with van der Waals surface area (Å²) in [4.78, 5) is 19.1. The van der Waals surface area contributed by atoms with Crippen LogP contribution >= 0.6 is 11.6 Å². The van der Waals surface area contributed by atoms with Crippen molar-refractivity contribution in [3.63, 3.8) is 0 Å². The molecule has 1 aliphatic carbocycles. The molecule has 3 rings (SSSR count). The molecule has 0 bridgehead atoms. The van der Waals surface area contributed by atoms with Crippen LogP contribution < -0.4 is 10.9 Å². The van der Waals surface area contributed by atoms with Crippen LogP contribution in [0.25, 0.3) is 0 Å². The van der Waals surface area contributed by atoms with Crippen LogP contribution in [0.1, 0.15) is 36.2 Å². The van der Waals surface area contributed by atoms with Crippen LogP contribution in [0, 0.1) is 11.3 Å². The van der Waals surface area contributed by atoms with Gasteiger partial charge in [-0.2, -0.15) is 5.26 Å². The number of aromatic amines is 1. The minimum Gasteiger partial charge on any atom is -0.366 e. The molecule has 0 radical (unpaired) electrons. The third-order valence-electron chi connectivity index (χ3n) is 3.81. The van der Waals surface area contributed by atoms with E-state index in [2.05, 4.69) is 15.3 Å². The molecule has 2 aromatic rings. The Kier molecular flexibility index (Phi) is 4.12. The first kappa shape index (κ1) is 14.6. The lowest BCUT2D eigenvalue weighted by Crippen LogP contribution is -2.30. The monoisotopic (exact) mass is 314 g/mol. The maximum Gasteiger partial charge on any atom is 0.271 e. The first-order chi connectivity index (χ1) is 10.7. The molecule has 0 unspecified atom stereocenters. The van der Waals surface area contributed by atoms with Gasteiger partial charge in [-0.1, -0.05) is 23.7 Å². The molecule has 1 fully saturated rings. The summed E-state index contributed by atoms with van der Waals surface area (Å²) in [7, 11) is 0. The van der Waals surface area contributed by atoms with Crippen molar-refractivity contribution in [2.75, 3.05) is 5.32 Å². The Morgan fingerprint density at radius 1 is 1.36 bits per heavy atom. The van der Waals surface area contributed by atoms with Gasteiger partial charge in [-0.25, -0.2) is 4.98 Å². The average Bonchev–Trinajstić information content (AvgIpc) is 2.45. The zero-order valence-corrected chi connectivity index (χ0v) is 12.7. The summed E-state index contributed by atoms with van der Waals surface area (Å²) in [5, 5.41) is 13.0. The molecule has 1 aliphatic rings. The minimum absolute atomic E-state index is 0.0479. The average molecular weight is 315 g/mol. The van der Waals surface area contributed by atoms with E-state index in [-0.39, 0.29) is 5.56 Å². The Morgan fingerprint density at radius 3 is 2.68 bits per heavy atom. The smallest absolute Gasteiger partial charge is 0.271 e. The Bertz CT molecular complexity index is 772. The van der Waals surface area contributed by atoms with Gasteiger partial charge in [0.15, 0.2) is 11.4 Å². The second kappa shape index (κ2) is 6.20. The SMILES string of the molecule is N#Cc1c(NC2CCC2)nc(Cc2ccc(Cl)cc2)[nH]c1=O. The van der Waals surface area contributed by atoms with E-state index in [1.165, 1.54) is 6.42 Å². The number of nitrogens with zero attached hydrogens (tertiary/aromatic N) is 2. The number of halogens is 1. The van der Waals surface area contributed by atoms with Crippen molar-refractivity contribution in [1.82, 2.24) is 9.97 Å². The van der Waals surface area contributed by atoms with E-state index < -0.39 is 5.56 Å². The lowest BCUT2D eigenvalue weighted by Gasteiger charge is -2.27. The minimum atomic E-state index is -0.400. The molecule has 1 aromatic carbocycles. The second-order valence-corrected chi connectivity index (χ2v) is 5.86. The molecule has 22 heavy (non-hydrogen) atoms. The van der Waals surface area contributed by atoms with Crippen molar-refractivity contribution in [3.8, 4) is 6.07 Å². The Balaban J connectivity index is 1.89. The van der Waals surface area contributed by atoms with Crippen LogP contribution in [0.3, 0.4) is 0 Å². The number of nitriles is 1. The van der Waals surface area contributed by atoms with Gasteiger partial charge < -0.3 is 10.3 Å². The van der Waals surface area contributed by atoms with E-state index in [9.17, 15) is 4.79 Å². The maximum absolute atomic E-state index is 12.0. The van der Waals surface area contributed by atoms with E-state index in [0.29, 0.717) is 29.1 Å². The number of anilines is 1. The summed E-state index contributed by atoms with van der Waals surface area (Å²) >= 11 is 5.86. The van der Waals surface area contributed by atoms with Gasteiger partial charge in [0.25, 0.3) is 5.56 Å². The van der Waals surface area contributed by atoms with Crippen LogP contribution in [0.5, 0.6) is 0 Å². The number of hydrogen-bond acceptors (Lipinski definition) is 4. The number of rotatable bonds is 4. The van der Waals surface area contributed by atoms with E-state index in [4.69, 9.17) is 16.9 Å². The first-order valence-electron chi connectivity index (χ1n) is 7.20. The summed E-state index contributed by atoms with van der Waals surface area (Å²) in [6.45, 7) is 0. The lowest BCUT2D eigenvalue weighted by molar-refractivity contribution is 0.444. The standard InChI is InChI=1S/C16H15ClN4O/c17-11-6-4-10(5-7-11)8-14-20-15(19-12-2-1-3-12)13(9-18)16(22)21-14/h4-7,12H,1-3,8H2,(H2,19,20,21,22). The molecule has 0 aliphatic heterocycles. The molecule has 6 heteroatoms. The number of benzene rings is 1. The summed E-state index contributed by atoms with van der Waals surface area (Å²) < 4.78 is 0. The Hall–Kier alpha value is -2.32. The molecule has 0 atom stereocenters. The molecular formula is C16H15ClN4O. The number of nitrogens with one attached hydrogen (secondary N) is 2. The fourth-order valence-electron chi connectivity index (χ4n) is 2.35. The summed E-state index contributed by atoms with van der Waals surface area (Å²) in [6.07, 6.45) is 3.75. The van der Waals surface area contributed by atoms with Crippen molar-refractivity contribution in [1.29, 1.82) is 5.26 Å². The summed E-state index contributed by atoms with van der Waals surface area (Å²) in [5.74, 6) is 0.924. The predicted molar refractivity (Wildman–Crippen MR) is 85.1 cm³/mol. The van der Waals surface area contributed by atoms with Crippen LogP contribution in [0.4, 0.5) is 5.82 Å². The normalized spacial score (nSPS) is 14.2. The molecule has 1 aromatic heterocycles. The van der Waals surface area contributed by atoms with Gasteiger partial charge in [0, 0.05) is 17.5 Å². The molecular weight excluding hydrogens is 300 g/mol. The summed E-state index contributed by atoms with van der Waals surface area (Å²) in [6, 6.07) is 9.61. The van der Waals surface area contributed by atoms with E-state index in [0.717, 1.165) is 18.4 Å². The molecule has 5 nitrogen and oxygen atoms in total. The van der Waals surface area contributed by atoms with E-state index in [1.807, 2.05) is 18.2 Å². The van der Waals surface area contributed by atoms with Crippen LogP contribution in [-0.4, -0.2) is 16.0 Å². The van der Waals surface area contributed by atoms with Crippen molar-refractivity contribution in [2.45, 2.75) is 31.7 Å². The van der Waals surface area contributed by atoms with Crippen LogP contribution in [0.2, 0.25) is 5.02 Å². The number of H-pyrrole nitrogens is 1. The Morgan fingerprint density at radius 2 is 2.09 bits per heavy atom. The fourth-order valence-corrected chi connectivity index (χ4v) is 2.48. The zero-order valence-electron chi connectivity index (χ0n) is 11.9.